The molecule has 5 heteroatoms. The predicted molar refractivity (Wildman–Crippen MR) is 111 cm³/mol. The zero-order valence-corrected chi connectivity index (χ0v) is 16.2. The molecule has 0 radical (unpaired) electrons. The lowest BCUT2D eigenvalue weighted by atomic mass is 10.0. The summed E-state index contributed by atoms with van der Waals surface area (Å²) in [6, 6.07) is 20.8. The van der Waals surface area contributed by atoms with Crippen molar-refractivity contribution in [3.05, 3.63) is 93.4 Å². The number of pyridine rings is 2. The van der Waals surface area contributed by atoms with Crippen LogP contribution in [0.2, 0.25) is 0 Å². The smallest absolute Gasteiger partial charge is 0.259 e. The maximum atomic E-state index is 13.5. The van der Waals surface area contributed by atoms with E-state index in [1.807, 2.05) is 67.6 Å². The van der Waals surface area contributed by atoms with Gasteiger partial charge in [0, 0.05) is 10.9 Å². The van der Waals surface area contributed by atoms with Crippen molar-refractivity contribution in [2.45, 2.75) is 13.0 Å². The lowest BCUT2D eigenvalue weighted by molar-refractivity contribution is 0.478. The topological polar surface area (TPSA) is 55.1 Å². The van der Waals surface area contributed by atoms with E-state index in [4.69, 9.17) is 0 Å². The maximum absolute atomic E-state index is 13.5. The molecule has 1 N–H and O–H groups in total. The molecule has 4 rings (SSSR count). The molecule has 0 saturated heterocycles. The Labute approximate surface area is 164 Å². The highest BCUT2D eigenvalue weighted by Crippen LogP contribution is 2.33. The van der Waals surface area contributed by atoms with Gasteiger partial charge in [0.2, 0.25) is 0 Å². The second-order valence-electron chi connectivity index (χ2n) is 6.38. The lowest BCUT2D eigenvalue weighted by Gasteiger charge is -2.21. The first kappa shape index (κ1) is 17.5. The Bertz CT molecular complexity index is 1170. The highest BCUT2D eigenvalue weighted by molar-refractivity contribution is 9.10. The molecule has 0 aliphatic rings. The van der Waals surface area contributed by atoms with Crippen LogP contribution in [0.15, 0.2) is 82.3 Å². The van der Waals surface area contributed by atoms with Gasteiger partial charge in [-0.15, -0.1) is 0 Å². The van der Waals surface area contributed by atoms with Crippen LogP contribution in [0.25, 0.3) is 22.0 Å². The summed E-state index contributed by atoms with van der Waals surface area (Å²) in [4.78, 5) is 17.7. The van der Waals surface area contributed by atoms with Gasteiger partial charge in [-0.2, -0.15) is 0 Å². The summed E-state index contributed by atoms with van der Waals surface area (Å²) >= 11 is 3.46. The van der Waals surface area contributed by atoms with E-state index < -0.39 is 0 Å². The standard InChI is InChI=1S/C22H17BrN2O2/c1-14(15-8-4-2-5-9-15)25-20-18(19(26)13-24-21(20)23)12-17(22(25)27)16-10-6-3-7-11-16/h2-14,26H,1H3/t14-/m1/s1. The fraction of sp³-hybridized carbons (Fsp3) is 0.0909. The number of aromatic nitrogens is 2. The Hall–Kier alpha value is -2.92. The Morgan fingerprint density at radius 3 is 2.33 bits per heavy atom. The summed E-state index contributed by atoms with van der Waals surface area (Å²) in [7, 11) is 0. The fourth-order valence-corrected chi connectivity index (χ4v) is 3.87. The number of fused-ring (bicyclic) bond motifs is 1. The van der Waals surface area contributed by atoms with Crippen molar-refractivity contribution in [1.29, 1.82) is 0 Å². The number of hydrogen-bond acceptors (Lipinski definition) is 3. The molecule has 4 aromatic rings. The van der Waals surface area contributed by atoms with Crippen molar-refractivity contribution in [1.82, 2.24) is 9.55 Å². The molecule has 1 atom stereocenters. The molecule has 0 saturated carbocycles. The fourth-order valence-electron chi connectivity index (χ4n) is 3.36. The van der Waals surface area contributed by atoms with Crippen molar-refractivity contribution >= 4 is 26.8 Å². The zero-order chi connectivity index (χ0) is 19.0. The van der Waals surface area contributed by atoms with Gasteiger partial charge in [-0.3, -0.25) is 9.36 Å². The van der Waals surface area contributed by atoms with Crippen LogP contribution in [-0.4, -0.2) is 14.7 Å². The summed E-state index contributed by atoms with van der Waals surface area (Å²) < 4.78 is 2.22. The first-order valence-electron chi connectivity index (χ1n) is 8.61. The molecule has 0 unspecified atom stereocenters. The third kappa shape index (κ3) is 3.04. The van der Waals surface area contributed by atoms with Crippen LogP contribution in [-0.2, 0) is 0 Å². The van der Waals surface area contributed by atoms with Gasteiger partial charge in [-0.1, -0.05) is 60.7 Å². The first-order chi connectivity index (χ1) is 13.1. The molecule has 4 nitrogen and oxygen atoms in total. The van der Waals surface area contributed by atoms with Gasteiger partial charge in [0.05, 0.1) is 17.8 Å². The van der Waals surface area contributed by atoms with Crippen LogP contribution in [0.1, 0.15) is 18.5 Å². The van der Waals surface area contributed by atoms with Gasteiger partial charge >= 0.3 is 0 Å². The van der Waals surface area contributed by atoms with E-state index in [9.17, 15) is 9.90 Å². The average molecular weight is 421 g/mol. The Morgan fingerprint density at radius 1 is 1.04 bits per heavy atom. The molecule has 2 heterocycles. The maximum Gasteiger partial charge on any atom is 0.259 e. The quantitative estimate of drug-likeness (QED) is 0.466. The molecule has 0 spiro atoms. The van der Waals surface area contributed by atoms with E-state index in [1.165, 1.54) is 6.20 Å². The van der Waals surface area contributed by atoms with Gasteiger partial charge in [0.15, 0.2) is 0 Å². The van der Waals surface area contributed by atoms with Crippen molar-refractivity contribution in [3.63, 3.8) is 0 Å². The molecular formula is C22H17BrN2O2. The second kappa shape index (κ2) is 7.00. The summed E-state index contributed by atoms with van der Waals surface area (Å²) in [6.45, 7) is 1.97. The number of halogens is 1. The molecule has 2 aromatic heterocycles. The molecule has 0 amide bonds. The minimum Gasteiger partial charge on any atom is -0.506 e. The van der Waals surface area contributed by atoms with Crippen LogP contribution >= 0.6 is 15.9 Å². The van der Waals surface area contributed by atoms with Crippen molar-refractivity contribution < 1.29 is 5.11 Å². The van der Waals surface area contributed by atoms with E-state index in [2.05, 4.69) is 20.9 Å². The van der Waals surface area contributed by atoms with Gasteiger partial charge in [0.1, 0.15) is 10.4 Å². The Kier molecular flexibility index (Phi) is 4.54. The minimum atomic E-state index is -0.232. The van der Waals surface area contributed by atoms with E-state index in [1.54, 1.807) is 10.6 Å². The first-order valence-corrected chi connectivity index (χ1v) is 9.40. The number of nitrogens with zero attached hydrogens (tertiary/aromatic N) is 2. The zero-order valence-electron chi connectivity index (χ0n) is 14.6. The van der Waals surface area contributed by atoms with Crippen LogP contribution in [0, 0.1) is 0 Å². The molecule has 0 aliphatic heterocycles. The largest absolute Gasteiger partial charge is 0.506 e. The molecule has 0 aliphatic carbocycles. The van der Waals surface area contributed by atoms with Gasteiger partial charge < -0.3 is 5.11 Å². The minimum absolute atomic E-state index is 0.0411. The normalized spacial score (nSPS) is 12.2. The van der Waals surface area contributed by atoms with Crippen LogP contribution in [0.3, 0.4) is 0 Å². The molecule has 27 heavy (non-hydrogen) atoms. The highest BCUT2D eigenvalue weighted by atomic mass is 79.9. The third-order valence-corrected chi connectivity index (χ3v) is 5.34. The van der Waals surface area contributed by atoms with Crippen molar-refractivity contribution in [2.24, 2.45) is 0 Å². The van der Waals surface area contributed by atoms with Crippen LogP contribution in [0.5, 0.6) is 5.75 Å². The number of rotatable bonds is 3. The van der Waals surface area contributed by atoms with Crippen molar-refractivity contribution in [3.8, 4) is 16.9 Å². The monoisotopic (exact) mass is 420 g/mol. The summed E-state index contributed by atoms with van der Waals surface area (Å²) in [5, 5.41) is 11.0. The van der Waals surface area contributed by atoms with E-state index in [0.717, 1.165) is 11.1 Å². The van der Waals surface area contributed by atoms with Gasteiger partial charge in [-0.05, 0) is 40.0 Å². The highest BCUT2D eigenvalue weighted by Gasteiger charge is 2.20. The number of benzene rings is 2. The van der Waals surface area contributed by atoms with E-state index in [0.29, 0.717) is 21.1 Å². The van der Waals surface area contributed by atoms with Crippen LogP contribution < -0.4 is 5.56 Å². The van der Waals surface area contributed by atoms with Gasteiger partial charge in [-0.25, -0.2) is 4.98 Å². The molecular weight excluding hydrogens is 404 g/mol. The third-order valence-electron chi connectivity index (χ3n) is 4.76. The summed E-state index contributed by atoms with van der Waals surface area (Å²) in [5.74, 6) is 0.0411. The molecule has 0 fully saturated rings. The van der Waals surface area contributed by atoms with E-state index >= 15 is 0 Å². The molecule has 0 bridgehead atoms. The molecule has 134 valence electrons. The van der Waals surface area contributed by atoms with Crippen LogP contribution in [0.4, 0.5) is 0 Å². The number of hydrogen-bond donors (Lipinski definition) is 1. The average Bonchev–Trinajstić information content (AvgIpc) is 2.71. The van der Waals surface area contributed by atoms with E-state index in [-0.39, 0.29) is 17.4 Å². The molecule has 2 aromatic carbocycles. The SMILES string of the molecule is C[C@H](c1ccccc1)n1c(=O)c(-c2ccccc2)cc2c(O)cnc(Br)c21. The number of aromatic hydroxyl groups is 1. The lowest BCUT2D eigenvalue weighted by Crippen LogP contribution is -2.26. The predicted octanol–water partition coefficient (Wildman–Crippen LogP) is 5.14. The van der Waals surface area contributed by atoms with Gasteiger partial charge in [0.25, 0.3) is 5.56 Å². The Morgan fingerprint density at radius 2 is 1.67 bits per heavy atom. The summed E-state index contributed by atoms with van der Waals surface area (Å²) in [6.07, 6.45) is 1.39. The second-order valence-corrected chi connectivity index (χ2v) is 7.13. The van der Waals surface area contributed by atoms with Crippen molar-refractivity contribution in [2.75, 3.05) is 0 Å². The Balaban J connectivity index is 2.11. The summed E-state index contributed by atoms with van der Waals surface area (Å²) in [5.41, 5.74) is 2.81.